The molecule has 1 aromatic carbocycles. The number of nitrogens with zero attached hydrogens (tertiary/aromatic N) is 3. The van der Waals surface area contributed by atoms with Crippen LogP contribution in [-0.4, -0.2) is 60.9 Å². The van der Waals surface area contributed by atoms with Gasteiger partial charge in [0, 0.05) is 18.8 Å². The zero-order valence-corrected chi connectivity index (χ0v) is 17.8. The number of pyridine rings is 1. The number of sulfonamides is 1. The Morgan fingerprint density at radius 3 is 2.71 bits per heavy atom. The molecule has 1 unspecified atom stereocenters. The van der Waals surface area contributed by atoms with Crippen LogP contribution in [0.4, 0.5) is 11.5 Å². The first-order chi connectivity index (χ1) is 14.7. The van der Waals surface area contributed by atoms with E-state index in [-0.39, 0.29) is 29.4 Å². The topological polar surface area (TPSA) is 141 Å². The van der Waals surface area contributed by atoms with Crippen molar-refractivity contribution in [3.63, 3.8) is 0 Å². The third-order valence-corrected chi connectivity index (χ3v) is 6.68. The number of aromatic nitrogens is 1. The lowest BCUT2D eigenvalue weighted by molar-refractivity contribution is -0.390. The smallest absolute Gasteiger partial charge is 0.406 e. The van der Waals surface area contributed by atoms with Crippen LogP contribution in [0.1, 0.15) is 12.5 Å². The van der Waals surface area contributed by atoms with Crippen molar-refractivity contribution in [1.29, 1.82) is 0 Å². The first kappa shape index (κ1) is 22.6. The standard InChI is InChI=1S/C19H22N4O7S/c1-13-5-6-15(12-17(13)31(27,28)22-8-10-29-11-9-22)21-19(24)14(2)30-16-4-3-7-20-18(16)23(25)26/h3-7,12,14H,8-11H2,1-2H3,(H,21,24). The number of hydrogen-bond acceptors (Lipinski definition) is 8. The minimum Gasteiger partial charge on any atom is -0.473 e. The fourth-order valence-corrected chi connectivity index (χ4v) is 4.64. The van der Waals surface area contributed by atoms with Crippen LogP contribution in [0.2, 0.25) is 0 Å². The van der Waals surface area contributed by atoms with Gasteiger partial charge in [-0.3, -0.25) is 4.79 Å². The van der Waals surface area contributed by atoms with E-state index in [1.165, 1.54) is 35.6 Å². The highest BCUT2D eigenvalue weighted by atomic mass is 32.2. The van der Waals surface area contributed by atoms with Gasteiger partial charge >= 0.3 is 5.82 Å². The molecule has 0 aliphatic carbocycles. The Morgan fingerprint density at radius 2 is 2.03 bits per heavy atom. The third-order valence-electron chi connectivity index (χ3n) is 4.64. The van der Waals surface area contributed by atoms with E-state index in [0.717, 1.165) is 0 Å². The molecule has 1 aliphatic rings. The Labute approximate surface area is 179 Å². The lowest BCUT2D eigenvalue weighted by Crippen LogP contribution is -2.40. The van der Waals surface area contributed by atoms with Crippen LogP contribution >= 0.6 is 0 Å². The Hall–Kier alpha value is -3.09. The number of anilines is 1. The summed E-state index contributed by atoms with van der Waals surface area (Å²) in [5.41, 5.74) is 0.804. The van der Waals surface area contributed by atoms with Gasteiger partial charge in [-0.1, -0.05) is 6.07 Å². The van der Waals surface area contributed by atoms with Crippen molar-refractivity contribution >= 4 is 27.4 Å². The predicted octanol–water partition coefficient (Wildman–Crippen LogP) is 1.73. The Balaban J connectivity index is 1.76. The van der Waals surface area contributed by atoms with Crippen LogP contribution in [0.15, 0.2) is 41.4 Å². The number of morpholine rings is 1. The van der Waals surface area contributed by atoms with Crippen molar-refractivity contribution in [3.05, 3.63) is 52.2 Å². The van der Waals surface area contributed by atoms with Gasteiger partial charge in [0.15, 0.2) is 6.10 Å². The van der Waals surface area contributed by atoms with Crippen molar-refractivity contribution in [3.8, 4) is 5.75 Å². The molecule has 0 bridgehead atoms. The van der Waals surface area contributed by atoms with E-state index >= 15 is 0 Å². The summed E-state index contributed by atoms with van der Waals surface area (Å²) in [7, 11) is -3.75. The second-order valence-electron chi connectivity index (χ2n) is 6.83. The summed E-state index contributed by atoms with van der Waals surface area (Å²) < 4.78 is 37.9. The number of amides is 1. The lowest BCUT2D eigenvalue weighted by atomic mass is 10.2. The number of nitrogens with one attached hydrogen (secondary N) is 1. The molecule has 3 rings (SSSR count). The van der Waals surface area contributed by atoms with Crippen LogP contribution in [0.3, 0.4) is 0 Å². The van der Waals surface area contributed by atoms with Gasteiger partial charge in [0.1, 0.15) is 6.20 Å². The fraction of sp³-hybridized carbons (Fsp3) is 0.368. The minimum atomic E-state index is -3.75. The summed E-state index contributed by atoms with van der Waals surface area (Å²) in [6, 6.07) is 7.35. The van der Waals surface area contributed by atoms with E-state index in [1.54, 1.807) is 19.1 Å². The minimum absolute atomic E-state index is 0.0867. The maximum Gasteiger partial charge on any atom is 0.406 e. The van der Waals surface area contributed by atoms with Crippen LogP contribution in [-0.2, 0) is 19.6 Å². The second-order valence-corrected chi connectivity index (χ2v) is 8.73. The number of hydrogen-bond donors (Lipinski definition) is 1. The molecule has 1 fully saturated rings. The molecule has 1 N–H and O–H groups in total. The van der Waals surface area contributed by atoms with Crippen LogP contribution in [0, 0.1) is 17.0 Å². The van der Waals surface area contributed by atoms with E-state index in [0.29, 0.717) is 18.8 Å². The second kappa shape index (κ2) is 9.37. The number of carbonyl (C=O) groups is 1. The van der Waals surface area contributed by atoms with Crippen molar-refractivity contribution in [1.82, 2.24) is 9.29 Å². The predicted molar refractivity (Wildman–Crippen MR) is 110 cm³/mol. The first-order valence-corrected chi connectivity index (χ1v) is 10.9. The highest BCUT2D eigenvalue weighted by Crippen LogP contribution is 2.26. The summed E-state index contributed by atoms with van der Waals surface area (Å²) in [6.07, 6.45) is 0.154. The van der Waals surface area contributed by atoms with E-state index in [1.807, 2.05) is 0 Å². The van der Waals surface area contributed by atoms with Crippen LogP contribution in [0.5, 0.6) is 5.75 Å². The molecule has 12 heteroatoms. The molecular formula is C19H22N4O7S. The molecule has 1 saturated heterocycles. The van der Waals surface area contributed by atoms with Crippen molar-refractivity contribution in [2.75, 3.05) is 31.6 Å². The molecule has 0 saturated carbocycles. The van der Waals surface area contributed by atoms with Gasteiger partial charge in [-0.15, -0.1) is 0 Å². The molecule has 2 heterocycles. The average Bonchev–Trinajstić information content (AvgIpc) is 2.75. The molecule has 1 amide bonds. The van der Waals surface area contributed by atoms with Gasteiger partial charge < -0.3 is 24.9 Å². The van der Waals surface area contributed by atoms with E-state index < -0.39 is 32.8 Å². The quantitative estimate of drug-likeness (QED) is 0.497. The third kappa shape index (κ3) is 5.16. The van der Waals surface area contributed by atoms with Gasteiger partial charge in [0.2, 0.25) is 15.8 Å². The lowest BCUT2D eigenvalue weighted by Gasteiger charge is -2.27. The number of ether oxygens (including phenoxy) is 2. The number of nitro groups is 1. The number of rotatable bonds is 7. The largest absolute Gasteiger partial charge is 0.473 e. The Bertz CT molecular complexity index is 1080. The summed E-state index contributed by atoms with van der Waals surface area (Å²) in [6.45, 7) is 4.26. The molecule has 166 valence electrons. The molecule has 31 heavy (non-hydrogen) atoms. The maximum atomic E-state index is 13.0. The van der Waals surface area contributed by atoms with Crippen LogP contribution in [0.25, 0.3) is 0 Å². The van der Waals surface area contributed by atoms with Gasteiger partial charge in [0.05, 0.1) is 18.1 Å². The van der Waals surface area contributed by atoms with E-state index in [9.17, 15) is 23.3 Å². The SMILES string of the molecule is Cc1ccc(NC(=O)C(C)Oc2cccnc2[N+](=O)[O-])cc1S(=O)(=O)N1CCOCC1. The molecule has 1 aromatic heterocycles. The molecular weight excluding hydrogens is 428 g/mol. The fourth-order valence-electron chi connectivity index (χ4n) is 2.98. The van der Waals surface area contributed by atoms with Gasteiger partial charge in [-0.05, 0) is 53.6 Å². The van der Waals surface area contributed by atoms with E-state index in [4.69, 9.17) is 9.47 Å². The summed E-state index contributed by atoms with van der Waals surface area (Å²) in [4.78, 5) is 26.6. The zero-order chi connectivity index (χ0) is 22.6. The molecule has 11 nitrogen and oxygen atoms in total. The average molecular weight is 450 g/mol. The van der Waals surface area contributed by atoms with Crippen LogP contribution < -0.4 is 10.1 Å². The highest BCUT2D eigenvalue weighted by molar-refractivity contribution is 7.89. The number of carbonyl (C=O) groups excluding carboxylic acids is 1. The van der Waals surface area contributed by atoms with Gasteiger partial charge in [-0.25, -0.2) is 8.42 Å². The summed E-state index contributed by atoms with van der Waals surface area (Å²) in [5, 5.41) is 13.6. The van der Waals surface area contributed by atoms with Gasteiger partial charge in [0.25, 0.3) is 5.91 Å². The van der Waals surface area contributed by atoms with Gasteiger partial charge in [-0.2, -0.15) is 4.31 Å². The normalized spacial score (nSPS) is 15.8. The van der Waals surface area contributed by atoms with Crippen molar-refractivity contribution in [2.45, 2.75) is 24.8 Å². The monoisotopic (exact) mass is 450 g/mol. The molecule has 2 aromatic rings. The Morgan fingerprint density at radius 1 is 1.32 bits per heavy atom. The zero-order valence-electron chi connectivity index (χ0n) is 17.0. The highest BCUT2D eigenvalue weighted by Gasteiger charge is 2.28. The summed E-state index contributed by atoms with van der Waals surface area (Å²) in [5.74, 6) is -1.25. The molecule has 0 radical (unpaired) electrons. The maximum absolute atomic E-state index is 13.0. The van der Waals surface area contributed by atoms with Crippen molar-refractivity contribution < 1.29 is 27.6 Å². The molecule has 1 aliphatic heterocycles. The molecule has 1 atom stereocenters. The first-order valence-electron chi connectivity index (χ1n) is 9.45. The van der Waals surface area contributed by atoms with Crippen molar-refractivity contribution in [2.24, 2.45) is 0 Å². The Kier molecular flexibility index (Phi) is 6.83. The van der Waals surface area contributed by atoms with E-state index in [2.05, 4.69) is 10.3 Å². The molecule has 0 spiro atoms. The summed E-state index contributed by atoms with van der Waals surface area (Å²) >= 11 is 0. The number of benzene rings is 1. The number of aryl methyl sites for hydroxylation is 1.